The van der Waals surface area contributed by atoms with Crippen LogP contribution in [0.5, 0.6) is 0 Å². The molecule has 1 fully saturated rings. The van der Waals surface area contributed by atoms with E-state index < -0.39 is 0 Å². The number of nitrogens with two attached hydrogens (primary N) is 1. The second-order valence-corrected chi connectivity index (χ2v) is 5.48. The molecule has 1 aliphatic heterocycles. The first-order chi connectivity index (χ1) is 8.19. The van der Waals surface area contributed by atoms with E-state index >= 15 is 0 Å². The molecule has 1 aromatic rings. The van der Waals surface area contributed by atoms with Gasteiger partial charge in [-0.1, -0.05) is 23.7 Å². The van der Waals surface area contributed by atoms with Gasteiger partial charge in [0.2, 0.25) is 0 Å². The zero-order chi connectivity index (χ0) is 12.3. The van der Waals surface area contributed by atoms with Crippen LogP contribution in [0.3, 0.4) is 0 Å². The molecule has 0 unspecified atom stereocenters. The number of hydrogen-bond donors (Lipinski definition) is 1. The van der Waals surface area contributed by atoms with Gasteiger partial charge in [0.25, 0.3) is 0 Å². The highest BCUT2D eigenvalue weighted by Crippen LogP contribution is 2.22. The average Bonchev–Trinajstić information content (AvgIpc) is 2.33. The fraction of sp³-hybridized carbons (Fsp3) is 0.571. The molecule has 0 saturated carbocycles. The number of nitrogens with zero attached hydrogens (tertiary/aromatic N) is 1. The van der Waals surface area contributed by atoms with Crippen LogP contribution in [0.4, 0.5) is 0 Å². The number of benzene rings is 1. The summed E-state index contributed by atoms with van der Waals surface area (Å²) >= 11 is 6.27. The maximum absolute atomic E-state index is 6.27. The molecule has 0 spiro atoms. The van der Waals surface area contributed by atoms with Gasteiger partial charge in [-0.25, -0.2) is 0 Å². The standard InChI is InChI=1S/C14H21ClN2/c1-11-4-5-13(14(15)7-11)10-17-6-2-3-12(8-16)9-17/h4-5,7,12H,2-3,6,8-10,16H2,1H3/t12-/m0/s1. The van der Waals surface area contributed by atoms with E-state index in [-0.39, 0.29) is 0 Å². The third-order valence-electron chi connectivity index (χ3n) is 3.54. The van der Waals surface area contributed by atoms with Crippen molar-refractivity contribution >= 4 is 11.6 Å². The summed E-state index contributed by atoms with van der Waals surface area (Å²) in [6, 6.07) is 6.32. The number of piperidine rings is 1. The van der Waals surface area contributed by atoms with Gasteiger partial charge < -0.3 is 5.73 Å². The highest BCUT2D eigenvalue weighted by molar-refractivity contribution is 6.31. The van der Waals surface area contributed by atoms with Gasteiger partial charge in [-0.3, -0.25) is 4.90 Å². The van der Waals surface area contributed by atoms with Crippen molar-refractivity contribution in [2.45, 2.75) is 26.3 Å². The van der Waals surface area contributed by atoms with Gasteiger partial charge in [0.1, 0.15) is 0 Å². The molecule has 0 bridgehead atoms. The summed E-state index contributed by atoms with van der Waals surface area (Å²) < 4.78 is 0. The molecule has 1 aliphatic rings. The molecule has 1 saturated heterocycles. The molecule has 0 amide bonds. The topological polar surface area (TPSA) is 29.3 Å². The van der Waals surface area contributed by atoms with E-state index in [1.54, 1.807) is 0 Å². The molecular weight excluding hydrogens is 232 g/mol. The molecule has 1 aromatic carbocycles. The van der Waals surface area contributed by atoms with Crippen molar-refractivity contribution in [2.24, 2.45) is 11.7 Å². The van der Waals surface area contributed by atoms with E-state index in [9.17, 15) is 0 Å². The van der Waals surface area contributed by atoms with Crippen molar-refractivity contribution in [3.8, 4) is 0 Å². The molecule has 2 rings (SSSR count). The lowest BCUT2D eigenvalue weighted by Crippen LogP contribution is -2.37. The number of aryl methyl sites for hydroxylation is 1. The van der Waals surface area contributed by atoms with E-state index in [0.29, 0.717) is 5.92 Å². The first-order valence-electron chi connectivity index (χ1n) is 6.36. The minimum absolute atomic E-state index is 0.660. The normalized spacial score (nSPS) is 21.7. The number of halogens is 1. The molecule has 3 heteroatoms. The van der Waals surface area contributed by atoms with Crippen molar-refractivity contribution in [3.63, 3.8) is 0 Å². The minimum atomic E-state index is 0.660. The van der Waals surface area contributed by atoms with Crippen LogP contribution in [0.15, 0.2) is 18.2 Å². The molecule has 94 valence electrons. The van der Waals surface area contributed by atoms with E-state index in [4.69, 9.17) is 17.3 Å². The molecule has 17 heavy (non-hydrogen) atoms. The van der Waals surface area contributed by atoms with Crippen molar-refractivity contribution in [1.29, 1.82) is 0 Å². The highest BCUT2D eigenvalue weighted by Gasteiger charge is 2.19. The van der Waals surface area contributed by atoms with Gasteiger partial charge in [-0.2, -0.15) is 0 Å². The van der Waals surface area contributed by atoms with Gasteiger partial charge in [-0.15, -0.1) is 0 Å². The van der Waals surface area contributed by atoms with Crippen LogP contribution < -0.4 is 5.73 Å². The molecule has 1 heterocycles. The Hall–Kier alpha value is -0.570. The zero-order valence-electron chi connectivity index (χ0n) is 10.5. The summed E-state index contributed by atoms with van der Waals surface area (Å²) in [4.78, 5) is 2.47. The van der Waals surface area contributed by atoms with E-state index in [0.717, 1.165) is 24.7 Å². The summed E-state index contributed by atoms with van der Waals surface area (Å²) in [6.07, 6.45) is 2.53. The van der Waals surface area contributed by atoms with Crippen LogP contribution in [0.2, 0.25) is 5.02 Å². The average molecular weight is 253 g/mol. The Labute approximate surface area is 109 Å². The maximum Gasteiger partial charge on any atom is 0.0453 e. The Morgan fingerprint density at radius 2 is 2.29 bits per heavy atom. The lowest BCUT2D eigenvalue weighted by atomic mass is 9.98. The quantitative estimate of drug-likeness (QED) is 0.897. The van der Waals surface area contributed by atoms with Crippen LogP contribution in [0, 0.1) is 12.8 Å². The summed E-state index contributed by atoms with van der Waals surface area (Å²) in [5, 5.41) is 0.889. The van der Waals surface area contributed by atoms with Crippen LogP contribution >= 0.6 is 11.6 Å². The second-order valence-electron chi connectivity index (χ2n) is 5.07. The monoisotopic (exact) mass is 252 g/mol. The molecule has 2 N–H and O–H groups in total. The van der Waals surface area contributed by atoms with Gasteiger partial charge in [-0.05, 0) is 56.0 Å². The second kappa shape index (κ2) is 5.85. The van der Waals surface area contributed by atoms with E-state index in [1.165, 1.54) is 30.5 Å². The summed E-state index contributed by atoms with van der Waals surface area (Å²) in [5.74, 6) is 0.660. The lowest BCUT2D eigenvalue weighted by molar-refractivity contribution is 0.171. The van der Waals surface area contributed by atoms with Crippen LogP contribution in [0.25, 0.3) is 0 Å². The third-order valence-corrected chi connectivity index (χ3v) is 3.89. The Kier molecular flexibility index (Phi) is 4.43. The Morgan fingerprint density at radius 1 is 1.47 bits per heavy atom. The number of rotatable bonds is 3. The molecule has 2 nitrogen and oxygen atoms in total. The maximum atomic E-state index is 6.27. The molecule has 0 radical (unpaired) electrons. The fourth-order valence-corrected chi connectivity index (χ4v) is 2.80. The van der Waals surface area contributed by atoms with Crippen molar-refractivity contribution in [3.05, 3.63) is 34.3 Å². The number of hydrogen-bond acceptors (Lipinski definition) is 2. The summed E-state index contributed by atoms with van der Waals surface area (Å²) in [6.45, 7) is 6.11. The lowest BCUT2D eigenvalue weighted by Gasteiger charge is -2.32. The smallest absolute Gasteiger partial charge is 0.0453 e. The fourth-order valence-electron chi connectivity index (χ4n) is 2.51. The zero-order valence-corrected chi connectivity index (χ0v) is 11.2. The van der Waals surface area contributed by atoms with Gasteiger partial charge in [0.05, 0.1) is 0 Å². The van der Waals surface area contributed by atoms with Crippen molar-refractivity contribution < 1.29 is 0 Å². The van der Waals surface area contributed by atoms with Crippen LogP contribution in [-0.4, -0.2) is 24.5 Å². The summed E-state index contributed by atoms with van der Waals surface area (Å²) in [7, 11) is 0. The van der Waals surface area contributed by atoms with Crippen LogP contribution in [0.1, 0.15) is 24.0 Å². The number of likely N-dealkylation sites (tertiary alicyclic amines) is 1. The van der Waals surface area contributed by atoms with Crippen molar-refractivity contribution in [2.75, 3.05) is 19.6 Å². The van der Waals surface area contributed by atoms with Gasteiger partial charge in [0.15, 0.2) is 0 Å². The molecular formula is C14H21ClN2. The minimum Gasteiger partial charge on any atom is -0.330 e. The van der Waals surface area contributed by atoms with E-state index in [2.05, 4.69) is 24.0 Å². The first-order valence-corrected chi connectivity index (χ1v) is 6.74. The summed E-state index contributed by atoms with van der Waals surface area (Å²) in [5.41, 5.74) is 8.21. The first kappa shape index (κ1) is 12.9. The highest BCUT2D eigenvalue weighted by atomic mass is 35.5. The Morgan fingerprint density at radius 3 is 3.00 bits per heavy atom. The third kappa shape index (κ3) is 3.44. The molecule has 0 aliphatic carbocycles. The van der Waals surface area contributed by atoms with Crippen LogP contribution in [-0.2, 0) is 6.54 Å². The van der Waals surface area contributed by atoms with Gasteiger partial charge >= 0.3 is 0 Å². The van der Waals surface area contributed by atoms with Crippen molar-refractivity contribution in [1.82, 2.24) is 4.90 Å². The van der Waals surface area contributed by atoms with E-state index in [1.807, 2.05) is 6.07 Å². The largest absolute Gasteiger partial charge is 0.330 e. The molecule has 0 aromatic heterocycles. The predicted octanol–water partition coefficient (Wildman–Crippen LogP) is 2.82. The predicted molar refractivity (Wildman–Crippen MR) is 73.2 cm³/mol. The molecule has 1 atom stereocenters. The Bertz CT molecular complexity index is 378. The SMILES string of the molecule is Cc1ccc(CN2CCC[C@@H](CN)C2)c(Cl)c1. The van der Waals surface area contributed by atoms with Gasteiger partial charge in [0, 0.05) is 18.1 Å². The Balaban J connectivity index is 2.00.